The van der Waals surface area contributed by atoms with Crippen LogP contribution in [0.15, 0.2) is 42.5 Å². The second-order valence-corrected chi connectivity index (χ2v) is 5.21. The molecule has 0 spiro atoms. The van der Waals surface area contributed by atoms with E-state index in [1.165, 1.54) is 5.56 Å². The van der Waals surface area contributed by atoms with Gasteiger partial charge in [-0.1, -0.05) is 24.3 Å². The normalized spacial score (nSPS) is 14.4. The molecule has 0 saturated heterocycles. The molecule has 0 aliphatic carbocycles. The molecule has 1 aliphatic rings. The van der Waals surface area contributed by atoms with Crippen molar-refractivity contribution in [1.82, 2.24) is 0 Å². The fraction of sp³-hybridized carbons (Fsp3) is 0.250. The number of nitrogen functional groups attached to an aromatic ring is 1. The summed E-state index contributed by atoms with van der Waals surface area (Å²) in [5, 5.41) is 11.4. The number of para-hydroxylation sites is 2. The number of hydrogen-bond donors (Lipinski definition) is 1. The molecule has 0 atom stereocenters. The van der Waals surface area contributed by atoms with Crippen molar-refractivity contribution in [3.8, 4) is 0 Å². The van der Waals surface area contributed by atoms with Crippen LogP contribution in [0.2, 0.25) is 0 Å². The number of aryl methyl sites for hydroxylation is 1. The van der Waals surface area contributed by atoms with Gasteiger partial charge in [0.25, 0.3) is 0 Å². The zero-order valence-corrected chi connectivity index (χ0v) is 11.7. The van der Waals surface area contributed by atoms with Crippen LogP contribution in [0.3, 0.4) is 0 Å². The van der Waals surface area contributed by atoms with Crippen molar-refractivity contribution in [2.24, 2.45) is 0 Å². The molecular formula is C16H17N3O2. The second kappa shape index (κ2) is 5.44. The summed E-state index contributed by atoms with van der Waals surface area (Å²) < 4.78 is 0. The number of rotatable bonds is 2. The molecule has 0 saturated carbocycles. The van der Waals surface area contributed by atoms with Gasteiger partial charge in [-0.25, -0.2) is 0 Å². The number of nitrogens with zero attached hydrogens (tertiary/aromatic N) is 2. The Kier molecular flexibility index (Phi) is 3.48. The molecule has 5 nitrogen and oxygen atoms in total. The van der Waals surface area contributed by atoms with Crippen molar-refractivity contribution < 1.29 is 4.92 Å². The van der Waals surface area contributed by atoms with Crippen LogP contribution in [0, 0.1) is 10.1 Å². The third kappa shape index (κ3) is 2.42. The van der Waals surface area contributed by atoms with Crippen LogP contribution in [0.25, 0.3) is 0 Å². The van der Waals surface area contributed by atoms with Gasteiger partial charge in [-0.05, 0) is 43.0 Å². The van der Waals surface area contributed by atoms with Crippen molar-refractivity contribution >= 4 is 22.7 Å². The molecule has 0 unspecified atom stereocenters. The smallest absolute Gasteiger partial charge is 0.315 e. The Bertz CT molecular complexity index is 685. The topological polar surface area (TPSA) is 72.4 Å². The molecule has 2 N–H and O–H groups in total. The van der Waals surface area contributed by atoms with Gasteiger partial charge < -0.3 is 10.6 Å². The predicted octanol–water partition coefficient (Wildman–Crippen LogP) is 3.65. The zero-order chi connectivity index (χ0) is 14.8. The van der Waals surface area contributed by atoms with E-state index in [9.17, 15) is 10.1 Å². The summed E-state index contributed by atoms with van der Waals surface area (Å²) in [7, 11) is 0. The second-order valence-electron chi connectivity index (χ2n) is 5.21. The fourth-order valence-electron chi connectivity index (χ4n) is 2.91. The molecule has 3 rings (SSSR count). The molecule has 2 aromatic rings. The van der Waals surface area contributed by atoms with Crippen molar-refractivity contribution in [1.29, 1.82) is 0 Å². The van der Waals surface area contributed by atoms with Gasteiger partial charge in [0.05, 0.1) is 4.92 Å². The van der Waals surface area contributed by atoms with Crippen LogP contribution < -0.4 is 10.6 Å². The Labute approximate surface area is 123 Å². The van der Waals surface area contributed by atoms with E-state index in [1.54, 1.807) is 18.2 Å². The molecule has 0 radical (unpaired) electrons. The summed E-state index contributed by atoms with van der Waals surface area (Å²) in [6, 6.07) is 13.2. The molecule has 0 bridgehead atoms. The van der Waals surface area contributed by atoms with E-state index in [0.717, 1.165) is 31.5 Å². The average Bonchev–Trinajstić information content (AvgIpc) is 2.68. The maximum Gasteiger partial charge on any atom is 0.315 e. The van der Waals surface area contributed by atoms with Crippen LogP contribution in [0.1, 0.15) is 18.4 Å². The summed E-state index contributed by atoms with van der Waals surface area (Å²) in [5.41, 5.74) is 8.87. The summed E-state index contributed by atoms with van der Waals surface area (Å²) >= 11 is 0. The minimum absolute atomic E-state index is 0.00537. The van der Waals surface area contributed by atoms with E-state index in [4.69, 9.17) is 5.73 Å². The summed E-state index contributed by atoms with van der Waals surface area (Å²) in [6.45, 7) is 0.765. The first kappa shape index (κ1) is 13.4. The van der Waals surface area contributed by atoms with Crippen LogP contribution in [-0.2, 0) is 6.42 Å². The Morgan fingerprint density at radius 1 is 1.05 bits per heavy atom. The number of benzene rings is 2. The highest BCUT2D eigenvalue weighted by atomic mass is 16.6. The summed E-state index contributed by atoms with van der Waals surface area (Å²) in [4.78, 5) is 13.0. The third-order valence-electron chi connectivity index (χ3n) is 3.88. The highest BCUT2D eigenvalue weighted by Gasteiger charge is 2.25. The van der Waals surface area contributed by atoms with Gasteiger partial charge in [-0.3, -0.25) is 10.1 Å². The number of nitrogens with two attached hydrogens (primary N) is 1. The Hall–Kier alpha value is -2.56. The first-order chi connectivity index (χ1) is 10.2. The molecule has 5 heteroatoms. The van der Waals surface area contributed by atoms with E-state index >= 15 is 0 Å². The van der Waals surface area contributed by atoms with Crippen LogP contribution in [0.4, 0.5) is 22.7 Å². The van der Waals surface area contributed by atoms with Crippen molar-refractivity contribution in [2.45, 2.75) is 19.3 Å². The van der Waals surface area contributed by atoms with E-state index in [1.807, 2.05) is 23.1 Å². The number of hydrogen-bond acceptors (Lipinski definition) is 4. The molecule has 0 amide bonds. The standard InChI is InChI=1S/C16H17N3O2/c17-13-8-5-10-15(16(13)19(20)21)18-11-4-3-7-12-6-1-2-9-14(12)18/h1-2,5-6,8-10H,3-4,7,11,17H2. The predicted molar refractivity (Wildman–Crippen MR) is 83.9 cm³/mol. The summed E-state index contributed by atoms with van der Waals surface area (Å²) in [6.07, 6.45) is 3.09. The van der Waals surface area contributed by atoms with E-state index in [0.29, 0.717) is 5.69 Å². The number of anilines is 3. The minimum atomic E-state index is -0.391. The summed E-state index contributed by atoms with van der Waals surface area (Å²) in [5.74, 6) is 0. The van der Waals surface area contributed by atoms with Crippen LogP contribution in [-0.4, -0.2) is 11.5 Å². The number of nitro groups is 1. The molecular weight excluding hydrogens is 266 g/mol. The Morgan fingerprint density at radius 3 is 2.62 bits per heavy atom. The molecule has 1 aliphatic heterocycles. The Balaban J connectivity index is 2.17. The van der Waals surface area contributed by atoms with Crippen molar-refractivity contribution in [3.05, 3.63) is 58.1 Å². The maximum absolute atomic E-state index is 11.4. The molecule has 108 valence electrons. The van der Waals surface area contributed by atoms with E-state index in [-0.39, 0.29) is 11.4 Å². The minimum Gasteiger partial charge on any atom is -0.393 e. The first-order valence-electron chi connectivity index (χ1n) is 7.07. The van der Waals surface area contributed by atoms with Crippen molar-refractivity contribution in [2.75, 3.05) is 17.2 Å². The molecule has 21 heavy (non-hydrogen) atoms. The lowest BCUT2D eigenvalue weighted by Gasteiger charge is -2.25. The lowest BCUT2D eigenvalue weighted by molar-refractivity contribution is -0.383. The average molecular weight is 283 g/mol. The van der Waals surface area contributed by atoms with Crippen LogP contribution in [0.5, 0.6) is 0 Å². The molecule has 1 heterocycles. The number of fused-ring (bicyclic) bond motifs is 1. The Morgan fingerprint density at radius 2 is 1.81 bits per heavy atom. The van der Waals surface area contributed by atoms with Gasteiger partial charge in [0, 0.05) is 12.2 Å². The van der Waals surface area contributed by atoms with E-state index < -0.39 is 4.92 Å². The monoisotopic (exact) mass is 283 g/mol. The zero-order valence-electron chi connectivity index (χ0n) is 11.7. The van der Waals surface area contributed by atoms with Gasteiger partial charge in [0.15, 0.2) is 0 Å². The first-order valence-corrected chi connectivity index (χ1v) is 7.07. The van der Waals surface area contributed by atoms with Crippen LogP contribution >= 0.6 is 0 Å². The third-order valence-corrected chi connectivity index (χ3v) is 3.88. The molecule has 0 fully saturated rings. The van der Waals surface area contributed by atoms with Gasteiger partial charge in [-0.15, -0.1) is 0 Å². The SMILES string of the molecule is Nc1cccc(N2CCCCc3ccccc32)c1[N+](=O)[O-]. The maximum atomic E-state index is 11.4. The van der Waals surface area contributed by atoms with Gasteiger partial charge in [0.1, 0.15) is 11.4 Å². The molecule has 2 aromatic carbocycles. The molecule has 0 aromatic heterocycles. The largest absolute Gasteiger partial charge is 0.393 e. The number of nitro benzene ring substituents is 1. The lowest BCUT2D eigenvalue weighted by Crippen LogP contribution is -2.19. The van der Waals surface area contributed by atoms with Gasteiger partial charge >= 0.3 is 5.69 Å². The highest BCUT2D eigenvalue weighted by Crippen LogP contribution is 2.40. The van der Waals surface area contributed by atoms with Gasteiger partial charge in [-0.2, -0.15) is 0 Å². The lowest BCUT2D eigenvalue weighted by atomic mass is 10.1. The quantitative estimate of drug-likeness (QED) is 0.518. The van der Waals surface area contributed by atoms with Gasteiger partial charge in [0.2, 0.25) is 0 Å². The van der Waals surface area contributed by atoms with Crippen molar-refractivity contribution in [3.63, 3.8) is 0 Å². The highest BCUT2D eigenvalue weighted by molar-refractivity contribution is 5.81. The fourth-order valence-corrected chi connectivity index (χ4v) is 2.91. The van der Waals surface area contributed by atoms with E-state index in [2.05, 4.69) is 6.07 Å².